The third kappa shape index (κ3) is 1.08. The Morgan fingerprint density at radius 1 is 0.900 bits per heavy atom. The Bertz CT molecular complexity index is 128. The second-order valence-electron chi connectivity index (χ2n) is 3.53. The van der Waals surface area contributed by atoms with Gasteiger partial charge in [-0.05, 0) is 24.7 Å². The molecule has 0 nitrogen and oxygen atoms in total. The van der Waals surface area contributed by atoms with Crippen LogP contribution >= 0.6 is 31.9 Å². The van der Waals surface area contributed by atoms with Crippen molar-refractivity contribution in [2.45, 2.75) is 35.3 Å². The van der Waals surface area contributed by atoms with E-state index in [9.17, 15) is 0 Å². The van der Waals surface area contributed by atoms with Crippen molar-refractivity contribution >= 4 is 31.9 Å². The van der Waals surface area contributed by atoms with E-state index in [0.717, 1.165) is 11.8 Å². The molecule has 10 heavy (non-hydrogen) atoms. The van der Waals surface area contributed by atoms with Crippen molar-refractivity contribution in [3.8, 4) is 0 Å². The van der Waals surface area contributed by atoms with Crippen LogP contribution in [0.4, 0.5) is 0 Å². The van der Waals surface area contributed by atoms with Crippen LogP contribution in [-0.2, 0) is 0 Å². The lowest BCUT2D eigenvalue weighted by Gasteiger charge is -2.01. The molecule has 2 fully saturated rings. The molecule has 0 saturated heterocycles. The molecule has 2 aliphatic rings. The van der Waals surface area contributed by atoms with Crippen molar-refractivity contribution in [2.75, 3.05) is 0 Å². The zero-order chi connectivity index (χ0) is 7.19. The Morgan fingerprint density at radius 3 is 1.90 bits per heavy atom. The Labute approximate surface area is 79.0 Å². The number of rotatable bonds is 0. The molecule has 0 aromatic rings. The minimum absolute atomic E-state index is 0.362. The highest BCUT2D eigenvalue weighted by Gasteiger charge is 2.60. The van der Waals surface area contributed by atoms with E-state index in [4.69, 9.17) is 0 Å². The van der Waals surface area contributed by atoms with Gasteiger partial charge in [-0.2, -0.15) is 0 Å². The first-order chi connectivity index (χ1) is 4.73. The molecule has 2 rings (SSSR count). The van der Waals surface area contributed by atoms with Crippen LogP contribution in [0.3, 0.4) is 0 Å². The van der Waals surface area contributed by atoms with E-state index >= 15 is 0 Å². The van der Waals surface area contributed by atoms with Gasteiger partial charge in [0.05, 0.1) is 3.23 Å². The molecule has 2 atom stereocenters. The van der Waals surface area contributed by atoms with E-state index in [-0.39, 0.29) is 0 Å². The molecular weight excluding hydrogens is 256 g/mol. The molecule has 0 aromatic heterocycles. The van der Waals surface area contributed by atoms with Gasteiger partial charge < -0.3 is 0 Å². The van der Waals surface area contributed by atoms with Crippen LogP contribution in [0.2, 0.25) is 0 Å². The molecule has 0 amide bonds. The van der Waals surface area contributed by atoms with E-state index in [1.807, 2.05) is 0 Å². The Hall–Kier alpha value is 0.960. The molecule has 58 valence electrons. The SMILES string of the molecule is BrC1(Br)C2CCCCCC21. The Morgan fingerprint density at radius 2 is 1.40 bits per heavy atom. The standard InChI is InChI=1S/C8H12Br2/c9-8(10)6-4-2-1-3-5-7(6)8/h6-7H,1-5H2. The summed E-state index contributed by atoms with van der Waals surface area (Å²) < 4.78 is 0.362. The van der Waals surface area contributed by atoms with Crippen molar-refractivity contribution in [1.82, 2.24) is 0 Å². The molecule has 0 bridgehead atoms. The van der Waals surface area contributed by atoms with Gasteiger partial charge in [-0.15, -0.1) is 0 Å². The van der Waals surface area contributed by atoms with Gasteiger partial charge in [-0.3, -0.25) is 0 Å². The van der Waals surface area contributed by atoms with Crippen LogP contribution in [0.5, 0.6) is 0 Å². The van der Waals surface area contributed by atoms with Gasteiger partial charge in [-0.1, -0.05) is 51.1 Å². The zero-order valence-electron chi connectivity index (χ0n) is 5.95. The van der Waals surface area contributed by atoms with Gasteiger partial charge >= 0.3 is 0 Å². The highest BCUT2D eigenvalue weighted by molar-refractivity contribution is 9.25. The summed E-state index contributed by atoms with van der Waals surface area (Å²) in [5, 5.41) is 0. The number of fused-ring (bicyclic) bond motifs is 1. The first kappa shape index (κ1) is 7.60. The lowest BCUT2D eigenvalue weighted by molar-refractivity contribution is 0.644. The summed E-state index contributed by atoms with van der Waals surface area (Å²) in [4.78, 5) is 0. The summed E-state index contributed by atoms with van der Waals surface area (Å²) in [6, 6.07) is 0. The first-order valence-corrected chi connectivity index (χ1v) is 5.69. The molecule has 2 aliphatic carbocycles. The van der Waals surface area contributed by atoms with Crippen LogP contribution in [-0.4, -0.2) is 3.23 Å². The molecule has 0 N–H and O–H groups in total. The molecule has 2 heteroatoms. The van der Waals surface area contributed by atoms with E-state index < -0.39 is 0 Å². The van der Waals surface area contributed by atoms with Gasteiger partial charge in [0.1, 0.15) is 0 Å². The lowest BCUT2D eigenvalue weighted by atomic mass is 10.2. The Balaban J connectivity index is 2.01. The maximum Gasteiger partial charge on any atom is 0.0868 e. The van der Waals surface area contributed by atoms with Crippen molar-refractivity contribution in [3.63, 3.8) is 0 Å². The second kappa shape index (κ2) is 2.48. The minimum atomic E-state index is 0.362. The first-order valence-electron chi connectivity index (χ1n) is 4.11. The van der Waals surface area contributed by atoms with Crippen LogP contribution in [0.15, 0.2) is 0 Å². The topological polar surface area (TPSA) is 0 Å². The quantitative estimate of drug-likeness (QED) is 0.588. The van der Waals surface area contributed by atoms with Crippen LogP contribution in [0.1, 0.15) is 32.1 Å². The van der Waals surface area contributed by atoms with E-state index in [2.05, 4.69) is 31.9 Å². The van der Waals surface area contributed by atoms with E-state index in [1.165, 1.54) is 32.1 Å². The summed E-state index contributed by atoms with van der Waals surface area (Å²) in [6.45, 7) is 0. The van der Waals surface area contributed by atoms with E-state index in [1.54, 1.807) is 0 Å². The molecular formula is C8H12Br2. The molecule has 0 radical (unpaired) electrons. The van der Waals surface area contributed by atoms with E-state index in [0.29, 0.717) is 3.23 Å². The molecule has 0 aromatic carbocycles. The number of hydrogen-bond donors (Lipinski definition) is 0. The molecule has 2 unspecified atom stereocenters. The molecule has 0 spiro atoms. The highest BCUT2D eigenvalue weighted by atomic mass is 79.9. The third-order valence-electron chi connectivity index (χ3n) is 2.90. The number of alkyl halides is 2. The fourth-order valence-electron chi connectivity index (χ4n) is 2.15. The largest absolute Gasteiger partial charge is 0.0868 e. The normalized spacial score (nSPS) is 43.8. The van der Waals surface area contributed by atoms with Crippen molar-refractivity contribution in [1.29, 1.82) is 0 Å². The number of hydrogen-bond acceptors (Lipinski definition) is 0. The predicted molar refractivity (Wildman–Crippen MR) is 50.7 cm³/mol. The van der Waals surface area contributed by atoms with Gasteiger partial charge in [0.25, 0.3) is 0 Å². The number of halogens is 2. The molecule has 2 saturated carbocycles. The van der Waals surface area contributed by atoms with Gasteiger partial charge in [-0.25, -0.2) is 0 Å². The van der Waals surface area contributed by atoms with Crippen molar-refractivity contribution in [2.24, 2.45) is 11.8 Å². The average Bonchev–Trinajstić information content (AvgIpc) is 2.47. The molecule has 0 heterocycles. The lowest BCUT2D eigenvalue weighted by Crippen LogP contribution is -1.91. The summed E-state index contributed by atoms with van der Waals surface area (Å²) >= 11 is 7.46. The maximum absolute atomic E-state index is 3.73. The van der Waals surface area contributed by atoms with Crippen LogP contribution < -0.4 is 0 Å². The second-order valence-corrected chi connectivity index (χ2v) is 7.21. The zero-order valence-corrected chi connectivity index (χ0v) is 9.12. The van der Waals surface area contributed by atoms with Crippen molar-refractivity contribution < 1.29 is 0 Å². The fraction of sp³-hybridized carbons (Fsp3) is 1.00. The predicted octanol–water partition coefficient (Wildman–Crippen LogP) is 3.68. The van der Waals surface area contributed by atoms with Crippen LogP contribution in [0.25, 0.3) is 0 Å². The minimum Gasteiger partial charge on any atom is -0.0721 e. The van der Waals surface area contributed by atoms with Gasteiger partial charge in [0, 0.05) is 0 Å². The Kier molecular flexibility index (Phi) is 1.88. The molecule has 0 aliphatic heterocycles. The van der Waals surface area contributed by atoms with Crippen LogP contribution in [0, 0.1) is 11.8 Å². The average molecular weight is 268 g/mol. The summed E-state index contributed by atoms with van der Waals surface area (Å²) in [5.74, 6) is 1.88. The summed E-state index contributed by atoms with van der Waals surface area (Å²) in [5.41, 5.74) is 0. The van der Waals surface area contributed by atoms with Gasteiger partial charge in [0.15, 0.2) is 0 Å². The monoisotopic (exact) mass is 266 g/mol. The summed E-state index contributed by atoms with van der Waals surface area (Å²) in [6.07, 6.45) is 7.21. The van der Waals surface area contributed by atoms with Crippen molar-refractivity contribution in [3.05, 3.63) is 0 Å². The summed E-state index contributed by atoms with van der Waals surface area (Å²) in [7, 11) is 0. The maximum atomic E-state index is 3.73. The smallest absolute Gasteiger partial charge is 0.0721 e. The highest BCUT2D eigenvalue weighted by Crippen LogP contribution is 2.66. The third-order valence-corrected chi connectivity index (χ3v) is 5.25. The van der Waals surface area contributed by atoms with Gasteiger partial charge in [0.2, 0.25) is 0 Å². The fourth-order valence-corrected chi connectivity index (χ4v) is 4.08.